The van der Waals surface area contributed by atoms with E-state index in [1.54, 1.807) is 6.07 Å². The molecule has 5 heteroatoms. The minimum absolute atomic E-state index is 0.166. The van der Waals surface area contributed by atoms with E-state index in [0.29, 0.717) is 5.56 Å². The van der Waals surface area contributed by atoms with Gasteiger partial charge in [0.2, 0.25) is 0 Å². The van der Waals surface area contributed by atoms with E-state index < -0.39 is 10.7 Å². The molecular formula is C7H6Cl2N2O. The van der Waals surface area contributed by atoms with Crippen LogP contribution in [0.3, 0.4) is 0 Å². The summed E-state index contributed by atoms with van der Waals surface area (Å²) >= 11 is 11.1. The predicted molar refractivity (Wildman–Crippen MR) is 47.2 cm³/mol. The molecule has 0 radical (unpaired) electrons. The molecule has 0 saturated carbocycles. The number of pyridine rings is 1. The van der Waals surface area contributed by atoms with Crippen molar-refractivity contribution in [3.8, 4) is 0 Å². The first-order valence-corrected chi connectivity index (χ1v) is 4.02. The minimum atomic E-state index is -0.661. The van der Waals surface area contributed by atoms with E-state index in [1.807, 2.05) is 0 Å². The van der Waals surface area contributed by atoms with Gasteiger partial charge in [-0.25, -0.2) is 0 Å². The standard InChI is InChI=1S/C7H6Cl2N2O/c8-6(9)4-1-2-11-5(3-4)7(10)12/h1-3,6H,(H2,10,12). The molecule has 0 aliphatic carbocycles. The Bertz CT molecular complexity index is 301. The Morgan fingerprint density at radius 1 is 1.58 bits per heavy atom. The summed E-state index contributed by atoms with van der Waals surface area (Å²) in [6.07, 6.45) is 1.44. The number of nitrogens with two attached hydrogens (primary N) is 1. The quantitative estimate of drug-likeness (QED) is 0.746. The molecule has 0 aliphatic heterocycles. The molecule has 0 unspecified atom stereocenters. The third kappa shape index (κ3) is 2.09. The minimum Gasteiger partial charge on any atom is -0.364 e. The summed E-state index contributed by atoms with van der Waals surface area (Å²) in [6.45, 7) is 0. The van der Waals surface area contributed by atoms with Crippen molar-refractivity contribution in [1.29, 1.82) is 0 Å². The zero-order valence-corrected chi connectivity index (χ0v) is 7.51. The second kappa shape index (κ2) is 3.74. The molecule has 1 heterocycles. The van der Waals surface area contributed by atoms with Crippen molar-refractivity contribution >= 4 is 29.1 Å². The Morgan fingerprint density at radius 3 is 2.75 bits per heavy atom. The second-order valence-electron chi connectivity index (χ2n) is 2.14. The van der Waals surface area contributed by atoms with Gasteiger partial charge in [-0.05, 0) is 17.7 Å². The van der Waals surface area contributed by atoms with Gasteiger partial charge in [-0.1, -0.05) is 0 Å². The van der Waals surface area contributed by atoms with Crippen molar-refractivity contribution in [2.75, 3.05) is 0 Å². The Morgan fingerprint density at radius 2 is 2.25 bits per heavy atom. The highest BCUT2D eigenvalue weighted by molar-refractivity contribution is 6.44. The summed E-state index contributed by atoms with van der Waals surface area (Å²) in [5.74, 6) is -0.592. The van der Waals surface area contributed by atoms with Gasteiger partial charge in [0.05, 0.1) is 0 Å². The summed E-state index contributed by atoms with van der Waals surface area (Å²) in [5.41, 5.74) is 5.77. The molecule has 0 atom stereocenters. The van der Waals surface area contributed by atoms with E-state index in [-0.39, 0.29) is 5.69 Å². The van der Waals surface area contributed by atoms with E-state index in [9.17, 15) is 4.79 Å². The van der Waals surface area contributed by atoms with Crippen LogP contribution in [0.4, 0.5) is 0 Å². The fourth-order valence-corrected chi connectivity index (χ4v) is 0.989. The van der Waals surface area contributed by atoms with Crippen molar-refractivity contribution in [3.05, 3.63) is 29.6 Å². The zero-order valence-electron chi connectivity index (χ0n) is 6.00. The second-order valence-corrected chi connectivity index (χ2v) is 3.24. The number of alkyl halides is 2. The molecule has 0 spiro atoms. The summed E-state index contributed by atoms with van der Waals surface area (Å²) in [6, 6.07) is 3.09. The number of carbonyl (C=O) groups excluding carboxylic acids is 1. The first kappa shape index (κ1) is 9.29. The molecule has 64 valence electrons. The van der Waals surface area contributed by atoms with Crippen molar-refractivity contribution in [3.63, 3.8) is 0 Å². The Hall–Kier alpha value is -0.800. The van der Waals surface area contributed by atoms with Gasteiger partial charge in [0.1, 0.15) is 10.5 Å². The van der Waals surface area contributed by atoms with Crippen molar-refractivity contribution in [1.82, 2.24) is 4.98 Å². The lowest BCUT2D eigenvalue weighted by Crippen LogP contribution is -2.13. The van der Waals surface area contributed by atoms with Gasteiger partial charge in [0, 0.05) is 6.20 Å². The fourth-order valence-electron chi connectivity index (χ4n) is 0.717. The molecule has 0 fully saturated rings. The van der Waals surface area contributed by atoms with Crippen LogP contribution in [-0.4, -0.2) is 10.9 Å². The molecule has 0 saturated heterocycles. The van der Waals surface area contributed by atoms with Gasteiger partial charge >= 0.3 is 0 Å². The Labute approximate surface area is 79.5 Å². The normalized spacial score (nSPS) is 10.2. The number of nitrogens with zero attached hydrogens (tertiary/aromatic N) is 1. The molecule has 3 nitrogen and oxygen atoms in total. The van der Waals surface area contributed by atoms with Crippen molar-refractivity contribution in [2.45, 2.75) is 4.84 Å². The van der Waals surface area contributed by atoms with Gasteiger partial charge in [0.25, 0.3) is 5.91 Å². The van der Waals surface area contributed by atoms with Gasteiger partial charge in [0.15, 0.2) is 0 Å². The van der Waals surface area contributed by atoms with Crippen LogP contribution >= 0.6 is 23.2 Å². The molecule has 2 N–H and O–H groups in total. The van der Waals surface area contributed by atoms with Crippen LogP contribution in [0.1, 0.15) is 20.9 Å². The number of hydrogen-bond acceptors (Lipinski definition) is 2. The number of amides is 1. The number of halogens is 2. The number of carbonyl (C=O) groups is 1. The SMILES string of the molecule is NC(=O)c1cc(C(Cl)Cl)ccn1. The molecule has 0 aliphatic rings. The third-order valence-corrected chi connectivity index (χ3v) is 1.79. The summed E-state index contributed by atoms with van der Waals surface area (Å²) in [5, 5.41) is 0. The average Bonchev–Trinajstić information content (AvgIpc) is 2.04. The zero-order chi connectivity index (χ0) is 9.14. The third-order valence-electron chi connectivity index (χ3n) is 1.29. The first-order valence-electron chi connectivity index (χ1n) is 3.15. The molecule has 0 aromatic carbocycles. The molecule has 1 aromatic rings. The summed E-state index contributed by atoms with van der Waals surface area (Å²) < 4.78 is 0. The average molecular weight is 205 g/mol. The topological polar surface area (TPSA) is 56.0 Å². The molecule has 1 aromatic heterocycles. The van der Waals surface area contributed by atoms with Crippen LogP contribution in [0.15, 0.2) is 18.3 Å². The maximum Gasteiger partial charge on any atom is 0.267 e. The smallest absolute Gasteiger partial charge is 0.267 e. The summed E-state index contributed by atoms with van der Waals surface area (Å²) in [4.78, 5) is 13.7. The lowest BCUT2D eigenvalue weighted by molar-refractivity contribution is 0.0995. The van der Waals surface area contributed by atoms with E-state index >= 15 is 0 Å². The number of rotatable bonds is 2. The van der Waals surface area contributed by atoms with Crippen LogP contribution in [0, 0.1) is 0 Å². The number of aromatic nitrogens is 1. The van der Waals surface area contributed by atoms with Crippen LogP contribution in [-0.2, 0) is 0 Å². The molecule has 12 heavy (non-hydrogen) atoms. The van der Waals surface area contributed by atoms with E-state index in [4.69, 9.17) is 28.9 Å². The monoisotopic (exact) mass is 204 g/mol. The first-order chi connectivity index (χ1) is 5.61. The Kier molecular flexibility index (Phi) is 2.89. The van der Waals surface area contributed by atoms with Crippen LogP contribution < -0.4 is 5.73 Å². The maximum absolute atomic E-state index is 10.6. The van der Waals surface area contributed by atoms with Gasteiger partial charge < -0.3 is 5.73 Å². The molecular weight excluding hydrogens is 199 g/mol. The lowest BCUT2D eigenvalue weighted by Gasteiger charge is -2.01. The van der Waals surface area contributed by atoms with Crippen LogP contribution in [0.2, 0.25) is 0 Å². The molecule has 1 amide bonds. The number of hydrogen-bond donors (Lipinski definition) is 1. The summed E-state index contributed by atoms with van der Waals surface area (Å²) in [7, 11) is 0. The van der Waals surface area contributed by atoms with E-state index in [1.165, 1.54) is 12.3 Å². The number of primary amides is 1. The highest BCUT2D eigenvalue weighted by atomic mass is 35.5. The van der Waals surface area contributed by atoms with Crippen LogP contribution in [0.25, 0.3) is 0 Å². The maximum atomic E-state index is 10.6. The lowest BCUT2D eigenvalue weighted by atomic mass is 10.2. The fraction of sp³-hybridized carbons (Fsp3) is 0.143. The van der Waals surface area contributed by atoms with Crippen LogP contribution in [0.5, 0.6) is 0 Å². The van der Waals surface area contributed by atoms with Gasteiger partial charge in [-0.15, -0.1) is 23.2 Å². The molecule has 1 rings (SSSR count). The Balaban J connectivity index is 3.04. The van der Waals surface area contributed by atoms with Gasteiger partial charge in [-0.2, -0.15) is 0 Å². The highest BCUT2D eigenvalue weighted by Crippen LogP contribution is 2.23. The van der Waals surface area contributed by atoms with E-state index in [2.05, 4.69) is 4.98 Å². The van der Waals surface area contributed by atoms with E-state index in [0.717, 1.165) is 0 Å². The highest BCUT2D eigenvalue weighted by Gasteiger charge is 2.07. The van der Waals surface area contributed by atoms with Crippen molar-refractivity contribution in [2.24, 2.45) is 5.73 Å². The van der Waals surface area contributed by atoms with Crippen molar-refractivity contribution < 1.29 is 4.79 Å². The molecule has 0 bridgehead atoms. The predicted octanol–water partition coefficient (Wildman–Crippen LogP) is 1.66. The largest absolute Gasteiger partial charge is 0.364 e. The van der Waals surface area contributed by atoms with Gasteiger partial charge in [-0.3, -0.25) is 9.78 Å².